The van der Waals surface area contributed by atoms with Crippen LogP contribution < -0.4 is 4.74 Å². The van der Waals surface area contributed by atoms with Crippen LogP contribution in [-0.2, 0) is 16.6 Å². The minimum absolute atomic E-state index is 0.136. The SMILES string of the molecule is O=S(=O)(c1cccnc1)N(CCOc1cc(Cl)cc(Cl)c1)Cc1ccccc1. The summed E-state index contributed by atoms with van der Waals surface area (Å²) in [6.45, 7) is 0.511. The van der Waals surface area contributed by atoms with Crippen molar-refractivity contribution in [1.82, 2.24) is 9.29 Å². The van der Waals surface area contributed by atoms with Crippen molar-refractivity contribution in [3.8, 4) is 5.75 Å². The molecule has 0 saturated carbocycles. The number of rotatable bonds is 8. The van der Waals surface area contributed by atoms with Crippen molar-refractivity contribution in [2.45, 2.75) is 11.4 Å². The molecule has 2 aromatic carbocycles. The van der Waals surface area contributed by atoms with Crippen LogP contribution in [0.2, 0.25) is 10.0 Å². The molecule has 0 N–H and O–H groups in total. The van der Waals surface area contributed by atoms with Gasteiger partial charge in [-0.2, -0.15) is 4.31 Å². The van der Waals surface area contributed by atoms with E-state index in [1.165, 1.54) is 22.8 Å². The van der Waals surface area contributed by atoms with Gasteiger partial charge in [0.05, 0.1) is 0 Å². The van der Waals surface area contributed by atoms with Crippen LogP contribution in [0.3, 0.4) is 0 Å². The molecule has 3 rings (SSSR count). The van der Waals surface area contributed by atoms with Crippen molar-refractivity contribution in [3.63, 3.8) is 0 Å². The van der Waals surface area contributed by atoms with E-state index in [9.17, 15) is 8.42 Å². The highest BCUT2D eigenvalue weighted by molar-refractivity contribution is 7.89. The zero-order valence-corrected chi connectivity index (χ0v) is 17.2. The van der Waals surface area contributed by atoms with E-state index >= 15 is 0 Å². The Morgan fingerprint density at radius 2 is 1.68 bits per heavy atom. The molecule has 8 heteroatoms. The van der Waals surface area contributed by atoms with Gasteiger partial charge in [-0.3, -0.25) is 4.98 Å². The molecule has 0 aliphatic rings. The van der Waals surface area contributed by atoms with Crippen molar-refractivity contribution in [1.29, 1.82) is 0 Å². The Kier molecular flexibility index (Phi) is 6.91. The van der Waals surface area contributed by atoms with Crippen molar-refractivity contribution in [3.05, 3.63) is 88.7 Å². The van der Waals surface area contributed by atoms with Gasteiger partial charge in [0.2, 0.25) is 10.0 Å². The maximum Gasteiger partial charge on any atom is 0.245 e. The Hall–Kier alpha value is -2.12. The molecule has 0 radical (unpaired) electrons. The molecule has 3 aromatic rings. The molecule has 0 amide bonds. The number of sulfonamides is 1. The van der Waals surface area contributed by atoms with Crippen molar-refractivity contribution >= 4 is 33.2 Å². The monoisotopic (exact) mass is 436 g/mol. The number of pyridine rings is 1. The lowest BCUT2D eigenvalue weighted by Gasteiger charge is -2.22. The predicted octanol–water partition coefficient (Wildman–Crippen LogP) is 4.66. The second-order valence-corrected chi connectivity index (χ2v) is 8.78. The Morgan fingerprint density at radius 1 is 0.964 bits per heavy atom. The van der Waals surface area contributed by atoms with E-state index in [1.54, 1.807) is 24.3 Å². The van der Waals surface area contributed by atoms with Gasteiger partial charge in [-0.25, -0.2) is 8.42 Å². The zero-order valence-electron chi connectivity index (χ0n) is 14.8. The summed E-state index contributed by atoms with van der Waals surface area (Å²) in [6, 6.07) is 17.4. The Morgan fingerprint density at radius 3 is 2.32 bits per heavy atom. The molecule has 0 aliphatic carbocycles. The quantitative estimate of drug-likeness (QED) is 0.515. The fourth-order valence-corrected chi connectivity index (χ4v) is 4.48. The number of nitrogens with zero attached hydrogens (tertiary/aromatic N) is 2. The highest BCUT2D eigenvalue weighted by Gasteiger charge is 2.25. The van der Waals surface area contributed by atoms with Crippen LogP contribution in [0.25, 0.3) is 0 Å². The zero-order chi connectivity index (χ0) is 20.0. The molecule has 0 saturated heterocycles. The lowest BCUT2D eigenvalue weighted by molar-refractivity contribution is 0.269. The smallest absolute Gasteiger partial charge is 0.245 e. The first-order valence-corrected chi connectivity index (χ1v) is 10.7. The summed E-state index contributed by atoms with van der Waals surface area (Å²) in [5, 5.41) is 0.901. The summed E-state index contributed by atoms with van der Waals surface area (Å²) in [5.74, 6) is 0.482. The number of hydrogen-bond donors (Lipinski definition) is 0. The van der Waals surface area contributed by atoms with Gasteiger partial charge in [-0.15, -0.1) is 0 Å². The standard InChI is InChI=1S/C20H18Cl2N2O3S/c21-17-11-18(22)13-19(12-17)27-10-9-24(15-16-5-2-1-3-6-16)28(25,26)20-7-4-8-23-14-20/h1-8,11-14H,9-10,15H2. The number of benzene rings is 2. The molecule has 0 unspecified atom stereocenters. The van der Waals surface area contributed by atoms with Gasteiger partial charge in [0.1, 0.15) is 17.3 Å². The van der Waals surface area contributed by atoms with Gasteiger partial charge in [0.15, 0.2) is 0 Å². The molecule has 28 heavy (non-hydrogen) atoms. The average Bonchev–Trinajstić information content (AvgIpc) is 2.68. The van der Waals surface area contributed by atoms with E-state index in [1.807, 2.05) is 30.3 Å². The first-order valence-electron chi connectivity index (χ1n) is 8.48. The summed E-state index contributed by atoms with van der Waals surface area (Å²) in [6.07, 6.45) is 2.87. The Labute approximate surface area is 174 Å². The molecule has 1 heterocycles. The van der Waals surface area contributed by atoms with Crippen molar-refractivity contribution in [2.75, 3.05) is 13.2 Å². The van der Waals surface area contributed by atoms with Crippen LogP contribution in [-0.4, -0.2) is 30.9 Å². The van der Waals surface area contributed by atoms with E-state index in [0.717, 1.165) is 5.56 Å². The van der Waals surface area contributed by atoms with E-state index in [4.69, 9.17) is 27.9 Å². The van der Waals surface area contributed by atoms with Crippen LogP contribution in [0.5, 0.6) is 5.75 Å². The molecular formula is C20H18Cl2N2O3S. The molecule has 0 atom stereocenters. The summed E-state index contributed by atoms with van der Waals surface area (Å²) in [5.41, 5.74) is 0.876. The van der Waals surface area contributed by atoms with Crippen LogP contribution in [0.1, 0.15) is 5.56 Å². The Bertz CT molecular complexity index is 996. The molecule has 1 aromatic heterocycles. The number of hydrogen-bond acceptors (Lipinski definition) is 4. The largest absolute Gasteiger partial charge is 0.492 e. The first kappa shape index (κ1) is 20.6. The highest BCUT2D eigenvalue weighted by Crippen LogP contribution is 2.24. The van der Waals surface area contributed by atoms with Crippen LogP contribution in [0.4, 0.5) is 0 Å². The van der Waals surface area contributed by atoms with Crippen molar-refractivity contribution < 1.29 is 13.2 Å². The molecular weight excluding hydrogens is 419 g/mol. The normalized spacial score (nSPS) is 11.5. The Balaban J connectivity index is 1.78. The number of ether oxygens (including phenoxy) is 1. The predicted molar refractivity (Wildman–Crippen MR) is 110 cm³/mol. The van der Waals surface area contributed by atoms with Gasteiger partial charge in [0, 0.05) is 35.5 Å². The summed E-state index contributed by atoms with van der Waals surface area (Å²) < 4.78 is 33.2. The van der Waals surface area contributed by atoms with Gasteiger partial charge in [0.25, 0.3) is 0 Å². The summed E-state index contributed by atoms with van der Waals surface area (Å²) >= 11 is 11.9. The third kappa shape index (κ3) is 5.45. The minimum atomic E-state index is -3.73. The minimum Gasteiger partial charge on any atom is -0.492 e. The average molecular weight is 437 g/mol. The van der Waals surface area contributed by atoms with Crippen molar-refractivity contribution in [2.24, 2.45) is 0 Å². The topological polar surface area (TPSA) is 59.5 Å². The van der Waals surface area contributed by atoms with Gasteiger partial charge in [-0.05, 0) is 35.9 Å². The molecule has 0 fully saturated rings. The third-order valence-corrected chi connectivity index (χ3v) is 6.18. The number of halogens is 2. The van der Waals surface area contributed by atoms with Gasteiger partial charge >= 0.3 is 0 Å². The number of aromatic nitrogens is 1. The first-order chi connectivity index (χ1) is 13.4. The lowest BCUT2D eigenvalue weighted by Crippen LogP contribution is -2.34. The van der Waals surface area contributed by atoms with Crippen LogP contribution in [0, 0.1) is 0 Å². The summed E-state index contributed by atoms with van der Waals surface area (Å²) in [7, 11) is -3.73. The van der Waals surface area contributed by atoms with E-state index in [2.05, 4.69) is 4.98 Å². The summed E-state index contributed by atoms with van der Waals surface area (Å²) in [4.78, 5) is 4.06. The third-order valence-electron chi connectivity index (χ3n) is 3.92. The molecule has 0 spiro atoms. The molecule has 5 nitrogen and oxygen atoms in total. The lowest BCUT2D eigenvalue weighted by atomic mass is 10.2. The fourth-order valence-electron chi connectivity index (χ4n) is 2.60. The maximum atomic E-state index is 13.1. The molecule has 146 valence electrons. The van der Waals surface area contributed by atoms with E-state index < -0.39 is 10.0 Å². The molecule has 0 aliphatic heterocycles. The van der Waals surface area contributed by atoms with Crippen LogP contribution >= 0.6 is 23.2 Å². The van der Waals surface area contributed by atoms with E-state index in [0.29, 0.717) is 15.8 Å². The highest BCUT2D eigenvalue weighted by atomic mass is 35.5. The second-order valence-electron chi connectivity index (χ2n) is 5.97. The van der Waals surface area contributed by atoms with Gasteiger partial charge < -0.3 is 4.74 Å². The van der Waals surface area contributed by atoms with Gasteiger partial charge in [-0.1, -0.05) is 53.5 Å². The van der Waals surface area contributed by atoms with Crippen LogP contribution in [0.15, 0.2) is 78.0 Å². The molecule has 0 bridgehead atoms. The second kappa shape index (κ2) is 9.39. The fraction of sp³-hybridized carbons (Fsp3) is 0.150. The van der Waals surface area contributed by atoms with E-state index in [-0.39, 0.29) is 24.6 Å². The maximum absolute atomic E-state index is 13.1.